The highest BCUT2D eigenvalue weighted by atomic mass is 32.2. The molecule has 1 fully saturated rings. The molecule has 16 heteroatoms. The van der Waals surface area contributed by atoms with Crippen LogP contribution in [0.25, 0.3) is 0 Å². The molecule has 40 heavy (non-hydrogen) atoms. The van der Waals surface area contributed by atoms with Crippen LogP contribution in [0, 0.1) is 5.82 Å². The number of aryl methyl sites for hydroxylation is 1. The summed E-state index contributed by atoms with van der Waals surface area (Å²) in [5.41, 5.74) is -8.47. The second kappa shape index (κ2) is 9.31. The lowest BCUT2D eigenvalue weighted by molar-refractivity contribution is -0.348. The number of fused-ring (bicyclic) bond motifs is 3. The van der Waals surface area contributed by atoms with Crippen LogP contribution in [0.2, 0.25) is 0 Å². The van der Waals surface area contributed by atoms with Crippen LogP contribution >= 0.6 is 0 Å². The number of alkyl halides is 10. The Balaban J connectivity index is 1.94. The van der Waals surface area contributed by atoms with Gasteiger partial charge in [-0.15, -0.1) is 0 Å². The van der Waals surface area contributed by atoms with Crippen molar-refractivity contribution in [2.75, 3.05) is 6.54 Å². The molecule has 0 saturated carbocycles. The lowest BCUT2D eigenvalue weighted by Crippen LogP contribution is -2.53. The number of amides is 1. The van der Waals surface area contributed by atoms with Gasteiger partial charge in [-0.05, 0) is 54.7 Å². The minimum absolute atomic E-state index is 0.129. The summed E-state index contributed by atoms with van der Waals surface area (Å²) in [6, 6.07) is 2.63. The lowest BCUT2D eigenvalue weighted by Gasteiger charge is -2.43. The van der Waals surface area contributed by atoms with Crippen molar-refractivity contribution in [1.29, 1.82) is 0 Å². The van der Waals surface area contributed by atoms with Gasteiger partial charge in [-0.2, -0.15) is 39.5 Å². The van der Waals surface area contributed by atoms with E-state index in [9.17, 15) is 61.5 Å². The van der Waals surface area contributed by atoms with Crippen molar-refractivity contribution < 1.29 is 61.5 Å². The molecule has 1 saturated heterocycles. The highest BCUT2D eigenvalue weighted by Gasteiger charge is 2.74. The largest absolute Gasteiger partial charge is 0.435 e. The zero-order chi connectivity index (χ0) is 30.1. The molecule has 0 aromatic heterocycles. The molecule has 0 unspecified atom stereocenters. The number of benzene rings is 2. The lowest BCUT2D eigenvalue weighted by atomic mass is 9.76. The molecule has 1 heterocycles. The Hall–Kier alpha value is -2.91. The van der Waals surface area contributed by atoms with Crippen LogP contribution in [-0.4, -0.2) is 50.3 Å². The standard InChI is InChI=1S/C24H18F11NO3S/c25-15-3-5-16(6-4-15)40(38,39)20-9-10-36(19(37)12-21(26,27)28)18(20)8-1-13-11-14(2-7-17(13)20)22(29,23(30,31)32)24(33,34)35/h2-7,11,18H,1,8-10,12H2/t18-,20-/m1/s1. The molecular weight excluding hydrogens is 591 g/mol. The third kappa shape index (κ3) is 4.51. The summed E-state index contributed by atoms with van der Waals surface area (Å²) < 4.78 is 173. The first-order valence-corrected chi connectivity index (χ1v) is 13.0. The Labute approximate surface area is 219 Å². The summed E-state index contributed by atoms with van der Waals surface area (Å²) >= 11 is 0. The molecule has 220 valence electrons. The van der Waals surface area contributed by atoms with Crippen molar-refractivity contribution in [1.82, 2.24) is 4.90 Å². The maximum absolute atomic E-state index is 14.8. The maximum Gasteiger partial charge on any atom is 0.435 e. The van der Waals surface area contributed by atoms with E-state index in [0.717, 1.165) is 24.3 Å². The van der Waals surface area contributed by atoms with Crippen molar-refractivity contribution in [3.63, 3.8) is 0 Å². The Morgan fingerprint density at radius 2 is 1.48 bits per heavy atom. The maximum atomic E-state index is 14.8. The van der Waals surface area contributed by atoms with E-state index < -0.39 is 105 Å². The van der Waals surface area contributed by atoms with Crippen LogP contribution < -0.4 is 0 Å². The number of halogens is 11. The highest BCUT2D eigenvalue weighted by Crippen LogP contribution is 2.56. The van der Waals surface area contributed by atoms with Gasteiger partial charge in [0.2, 0.25) is 5.91 Å². The van der Waals surface area contributed by atoms with Crippen LogP contribution in [0.5, 0.6) is 0 Å². The second-order valence-corrected chi connectivity index (χ2v) is 11.8. The summed E-state index contributed by atoms with van der Waals surface area (Å²) in [6.07, 6.45) is -21.3. The minimum atomic E-state index is -6.44. The van der Waals surface area contributed by atoms with Crippen LogP contribution in [0.4, 0.5) is 48.3 Å². The van der Waals surface area contributed by atoms with E-state index in [0.29, 0.717) is 11.0 Å². The van der Waals surface area contributed by atoms with Gasteiger partial charge >= 0.3 is 24.2 Å². The fraction of sp³-hybridized carbons (Fsp3) is 0.458. The number of carbonyl (C=O) groups excluding carboxylic acids is 1. The molecule has 2 aliphatic rings. The predicted octanol–water partition coefficient (Wildman–Crippen LogP) is 6.28. The van der Waals surface area contributed by atoms with E-state index >= 15 is 0 Å². The summed E-state index contributed by atoms with van der Waals surface area (Å²) in [4.78, 5) is 12.7. The van der Waals surface area contributed by atoms with Gasteiger partial charge in [-0.1, -0.05) is 18.2 Å². The first kappa shape index (κ1) is 30.1. The third-order valence-corrected chi connectivity index (χ3v) is 9.89. The Morgan fingerprint density at radius 3 is 2.00 bits per heavy atom. The normalized spacial score (nSPS) is 22.2. The molecule has 2 aromatic carbocycles. The molecule has 1 aliphatic carbocycles. The number of likely N-dealkylation sites (tertiary alicyclic amines) is 1. The van der Waals surface area contributed by atoms with Crippen molar-refractivity contribution in [3.8, 4) is 0 Å². The average Bonchev–Trinajstić information content (AvgIpc) is 3.23. The molecule has 0 N–H and O–H groups in total. The zero-order valence-corrected chi connectivity index (χ0v) is 20.7. The quantitative estimate of drug-likeness (QED) is 0.303. The molecule has 1 aliphatic heterocycles. The molecule has 0 radical (unpaired) electrons. The first-order chi connectivity index (χ1) is 18.2. The Morgan fingerprint density at radius 1 is 0.900 bits per heavy atom. The van der Waals surface area contributed by atoms with Crippen LogP contribution in [-0.2, 0) is 31.5 Å². The summed E-state index contributed by atoms with van der Waals surface area (Å²) in [5.74, 6) is -2.33. The molecule has 4 nitrogen and oxygen atoms in total. The summed E-state index contributed by atoms with van der Waals surface area (Å²) in [6.45, 7) is -0.542. The number of sulfone groups is 1. The summed E-state index contributed by atoms with van der Waals surface area (Å²) in [7, 11) is -4.79. The van der Waals surface area contributed by atoms with Crippen LogP contribution in [0.15, 0.2) is 47.4 Å². The van der Waals surface area contributed by atoms with Crippen LogP contribution in [0.1, 0.15) is 36.0 Å². The van der Waals surface area contributed by atoms with Crippen LogP contribution in [0.3, 0.4) is 0 Å². The van der Waals surface area contributed by atoms with E-state index in [1.807, 2.05) is 0 Å². The number of hydrogen-bond donors (Lipinski definition) is 0. The van der Waals surface area contributed by atoms with Gasteiger partial charge in [0.1, 0.15) is 17.0 Å². The number of carbonyl (C=O) groups is 1. The topological polar surface area (TPSA) is 54.5 Å². The molecule has 2 aromatic rings. The van der Waals surface area contributed by atoms with E-state index in [4.69, 9.17) is 0 Å². The number of nitrogens with zero attached hydrogens (tertiary/aromatic N) is 1. The van der Waals surface area contributed by atoms with Gasteiger partial charge in [0.05, 0.1) is 10.9 Å². The molecule has 2 atom stereocenters. The van der Waals surface area contributed by atoms with E-state index in [1.165, 1.54) is 0 Å². The SMILES string of the molecule is O=C(CC(F)(F)F)N1CC[C@@]2(S(=O)(=O)c3ccc(F)cc3)c3ccc(C(F)(C(F)(F)F)C(F)(F)F)cc3CC[C@@H]12. The summed E-state index contributed by atoms with van der Waals surface area (Å²) in [5, 5.41) is 0. The first-order valence-electron chi connectivity index (χ1n) is 11.5. The van der Waals surface area contributed by atoms with Gasteiger partial charge in [0.15, 0.2) is 9.84 Å². The van der Waals surface area contributed by atoms with Gasteiger partial charge in [0.25, 0.3) is 0 Å². The van der Waals surface area contributed by atoms with Gasteiger partial charge in [-0.25, -0.2) is 17.2 Å². The van der Waals surface area contributed by atoms with E-state index in [1.54, 1.807) is 0 Å². The number of rotatable bonds is 4. The molecule has 0 bridgehead atoms. The molecular formula is C24H18F11NO3S. The third-order valence-electron chi connectivity index (χ3n) is 7.34. The van der Waals surface area contributed by atoms with Gasteiger partial charge < -0.3 is 4.90 Å². The average molecular weight is 609 g/mol. The zero-order valence-electron chi connectivity index (χ0n) is 19.9. The Bertz CT molecular complexity index is 1400. The van der Waals surface area contributed by atoms with E-state index in [-0.39, 0.29) is 17.7 Å². The minimum Gasteiger partial charge on any atom is -0.337 e. The molecule has 4 rings (SSSR count). The van der Waals surface area contributed by atoms with Crippen molar-refractivity contribution in [3.05, 3.63) is 65.0 Å². The van der Waals surface area contributed by atoms with Crippen molar-refractivity contribution >= 4 is 15.7 Å². The van der Waals surface area contributed by atoms with Gasteiger partial charge in [0, 0.05) is 12.1 Å². The monoisotopic (exact) mass is 609 g/mol. The Kier molecular flexibility index (Phi) is 7.00. The van der Waals surface area contributed by atoms with Crippen molar-refractivity contribution in [2.45, 2.75) is 65.6 Å². The second-order valence-electron chi connectivity index (χ2n) is 9.56. The fourth-order valence-corrected chi connectivity index (χ4v) is 7.99. The van der Waals surface area contributed by atoms with Gasteiger partial charge in [-0.3, -0.25) is 4.79 Å². The highest BCUT2D eigenvalue weighted by molar-refractivity contribution is 7.92. The van der Waals surface area contributed by atoms with Crippen molar-refractivity contribution in [2.24, 2.45) is 0 Å². The smallest absolute Gasteiger partial charge is 0.337 e. The molecule has 1 amide bonds. The molecule has 0 spiro atoms. The van der Waals surface area contributed by atoms with E-state index in [2.05, 4.69) is 0 Å². The predicted molar refractivity (Wildman–Crippen MR) is 116 cm³/mol. The number of hydrogen-bond acceptors (Lipinski definition) is 3. The fourth-order valence-electron chi connectivity index (χ4n) is 5.63.